The lowest BCUT2D eigenvalue weighted by atomic mass is 9.89. The largest absolute Gasteiger partial charge is 0.276 e. The summed E-state index contributed by atoms with van der Waals surface area (Å²) in [6.07, 6.45) is 0.986. The van der Waals surface area contributed by atoms with Crippen molar-refractivity contribution in [2.45, 2.75) is 13.3 Å². The van der Waals surface area contributed by atoms with Gasteiger partial charge in [0.15, 0.2) is 0 Å². The molecule has 0 radical (unpaired) electrons. The maximum atomic E-state index is 5.66. The first-order valence-corrected chi connectivity index (χ1v) is 8.84. The number of hydrogen-bond acceptors (Lipinski definition) is 2. The van der Waals surface area contributed by atoms with Gasteiger partial charge >= 0.3 is 0 Å². The van der Waals surface area contributed by atoms with Gasteiger partial charge in [-0.2, -0.15) is 0 Å². The molecule has 25 heavy (non-hydrogen) atoms. The molecule has 0 fully saturated rings. The standard InChI is InChI=1S/C23H19NO/c1-2-14-25-24-20-13-12-16-8-4-10-18-17-9-3-6-15-7-5-11-19(21(15)17)23(20)22(16)18/h3-13,24H,2,14H2,1H3. The van der Waals surface area contributed by atoms with E-state index in [1.165, 1.54) is 43.1 Å². The molecule has 0 aromatic heterocycles. The highest BCUT2D eigenvalue weighted by Crippen LogP contribution is 2.42. The molecule has 5 rings (SSSR count). The van der Waals surface area contributed by atoms with Crippen molar-refractivity contribution < 1.29 is 4.84 Å². The molecule has 0 saturated heterocycles. The topological polar surface area (TPSA) is 21.3 Å². The van der Waals surface area contributed by atoms with Gasteiger partial charge in [-0.3, -0.25) is 10.3 Å². The zero-order chi connectivity index (χ0) is 16.8. The van der Waals surface area contributed by atoms with E-state index in [1.54, 1.807) is 0 Å². The summed E-state index contributed by atoms with van der Waals surface area (Å²) in [5, 5.41) is 10.3. The molecule has 5 aromatic carbocycles. The fourth-order valence-corrected chi connectivity index (χ4v) is 3.97. The molecule has 0 aliphatic carbocycles. The third kappa shape index (κ3) is 2.08. The summed E-state index contributed by atoms with van der Waals surface area (Å²) < 4.78 is 0. The van der Waals surface area contributed by atoms with Crippen molar-refractivity contribution in [2.75, 3.05) is 12.1 Å². The number of benzene rings is 5. The van der Waals surface area contributed by atoms with E-state index < -0.39 is 0 Å². The van der Waals surface area contributed by atoms with Crippen LogP contribution in [0.25, 0.3) is 43.1 Å². The number of hydrogen-bond donors (Lipinski definition) is 1. The lowest BCUT2D eigenvalue weighted by Crippen LogP contribution is -2.03. The van der Waals surface area contributed by atoms with Crippen LogP contribution in [0.5, 0.6) is 0 Å². The lowest BCUT2D eigenvalue weighted by molar-refractivity contribution is 0.195. The summed E-state index contributed by atoms with van der Waals surface area (Å²) in [5.41, 5.74) is 4.23. The van der Waals surface area contributed by atoms with Crippen LogP contribution in [-0.2, 0) is 4.84 Å². The molecule has 2 nitrogen and oxygen atoms in total. The second-order valence-electron chi connectivity index (χ2n) is 6.55. The maximum Gasteiger partial charge on any atom is 0.0743 e. The third-order valence-electron chi connectivity index (χ3n) is 5.00. The van der Waals surface area contributed by atoms with Gasteiger partial charge in [0, 0.05) is 5.39 Å². The van der Waals surface area contributed by atoms with Crippen LogP contribution in [0, 0.1) is 0 Å². The highest BCUT2D eigenvalue weighted by molar-refractivity contribution is 6.35. The van der Waals surface area contributed by atoms with Crippen molar-refractivity contribution in [1.82, 2.24) is 0 Å². The van der Waals surface area contributed by atoms with Gasteiger partial charge in [0.25, 0.3) is 0 Å². The average molecular weight is 325 g/mol. The number of fused-ring (bicyclic) bond motifs is 2. The van der Waals surface area contributed by atoms with E-state index in [0.29, 0.717) is 6.61 Å². The Balaban J connectivity index is 1.99. The monoisotopic (exact) mass is 325 g/mol. The van der Waals surface area contributed by atoms with Crippen LogP contribution in [0.4, 0.5) is 5.69 Å². The molecule has 122 valence electrons. The van der Waals surface area contributed by atoms with Crippen LogP contribution < -0.4 is 5.48 Å². The fourth-order valence-electron chi connectivity index (χ4n) is 3.97. The van der Waals surface area contributed by atoms with Gasteiger partial charge in [-0.05, 0) is 50.2 Å². The van der Waals surface area contributed by atoms with Crippen molar-refractivity contribution in [1.29, 1.82) is 0 Å². The molecule has 0 aliphatic heterocycles. The summed E-state index contributed by atoms with van der Waals surface area (Å²) in [4.78, 5) is 5.66. The van der Waals surface area contributed by atoms with Crippen molar-refractivity contribution in [3.8, 4) is 0 Å². The zero-order valence-electron chi connectivity index (χ0n) is 14.2. The van der Waals surface area contributed by atoms with E-state index in [2.05, 4.69) is 79.1 Å². The van der Waals surface area contributed by atoms with E-state index >= 15 is 0 Å². The highest BCUT2D eigenvalue weighted by atomic mass is 16.6. The van der Waals surface area contributed by atoms with Gasteiger partial charge < -0.3 is 0 Å². The van der Waals surface area contributed by atoms with Crippen molar-refractivity contribution in [3.63, 3.8) is 0 Å². The molecule has 0 bridgehead atoms. The quantitative estimate of drug-likeness (QED) is 0.176. The predicted octanol–water partition coefficient (Wildman–Crippen LogP) is 6.49. The lowest BCUT2D eigenvalue weighted by Gasteiger charge is -2.17. The maximum absolute atomic E-state index is 5.66. The minimum atomic E-state index is 0.694. The first-order valence-electron chi connectivity index (χ1n) is 8.84. The molecule has 5 aromatic rings. The second-order valence-corrected chi connectivity index (χ2v) is 6.55. The molecule has 0 amide bonds. The Bertz CT molecular complexity index is 1200. The Morgan fingerprint density at radius 1 is 0.680 bits per heavy atom. The van der Waals surface area contributed by atoms with E-state index in [4.69, 9.17) is 4.84 Å². The normalized spacial score (nSPS) is 11.9. The summed E-state index contributed by atoms with van der Waals surface area (Å²) in [6, 6.07) is 24.0. The van der Waals surface area contributed by atoms with Crippen molar-refractivity contribution in [2.24, 2.45) is 0 Å². The number of anilines is 1. The van der Waals surface area contributed by atoms with Gasteiger partial charge in [-0.1, -0.05) is 67.6 Å². The van der Waals surface area contributed by atoms with Crippen LogP contribution in [0.2, 0.25) is 0 Å². The Morgan fingerprint density at radius 2 is 1.32 bits per heavy atom. The first kappa shape index (κ1) is 14.5. The molecule has 0 saturated carbocycles. The summed E-state index contributed by atoms with van der Waals surface area (Å²) in [6.45, 7) is 2.81. The molecular formula is C23H19NO. The number of rotatable bonds is 4. The Hall–Kier alpha value is -2.84. The second kappa shape index (κ2) is 5.61. The first-order chi connectivity index (χ1) is 12.4. The third-order valence-corrected chi connectivity index (χ3v) is 5.00. The fraction of sp³-hybridized carbons (Fsp3) is 0.130. The van der Waals surface area contributed by atoms with E-state index in [-0.39, 0.29) is 0 Å². The highest BCUT2D eigenvalue weighted by Gasteiger charge is 2.15. The van der Waals surface area contributed by atoms with Crippen molar-refractivity contribution in [3.05, 3.63) is 66.7 Å². The molecule has 0 heterocycles. The van der Waals surface area contributed by atoms with Gasteiger partial charge in [-0.15, -0.1) is 0 Å². The SMILES string of the molecule is CCCONc1ccc2cccc3c4cccc5cccc(c1c23)c54. The van der Waals surface area contributed by atoms with Crippen LogP contribution in [0.15, 0.2) is 66.7 Å². The Labute approximate surface area is 146 Å². The molecule has 0 spiro atoms. The molecule has 0 aliphatic rings. The predicted molar refractivity (Wildman–Crippen MR) is 108 cm³/mol. The molecule has 2 heteroatoms. The van der Waals surface area contributed by atoms with Crippen LogP contribution in [0.3, 0.4) is 0 Å². The van der Waals surface area contributed by atoms with E-state index in [0.717, 1.165) is 12.1 Å². The molecule has 0 atom stereocenters. The van der Waals surface area contributed by atoms with Crippen LogP contribution in [-0.4, -0.2) is 6.61 Å². The van der Waals surface area contributed by atoms with Gasteiger partial charge in [0.2, 0.25) is 0 Å². The van der Waals surface area contributed by atoms with Gasteiger partial charge in [0.05, 0.1) is 12.3 Å². The molecule has 0 unspecified atom stereocenters. The van der Waals surface area contributed by atoms with E-state index in [9.17, 15) is 0 Å². The van der Waals surface area contributed by atoms with Gasteiger partial charge in [0.1, 0.15) is 0 Å². The Morgan fingerprint density at radius 3 is 2.04 bits per heavy atom. The van der Waals surface area contributed by atoms with Gasteiger partial charge in [-0.25, -0.2) is 0 Å². The summed E-state index contributed by atoms with van der Waals surface area (Å²) in [5.74, 6) is 0. The van der Waals surface area contributed by atoms with Crippen LogP contribution >= 0.6 is 0 Å². The molecular weight excluding hydrogens is 306 g/mol. The van der Waals surface area contributed by atoms with E-state index in [1.807, 2.05) is 0 Å². The molecule has 1 N–H and O–H groups in total. The summed E-state index contributed by atoms with van der Waals surface area (Å²) >= 11 is 0. The average Bonchev–Trinajstić information content (AvgIpc) is 2.66. The summed E-state index contributed by atoms with van der Waals surface area (Å²) in [7, 11) is 0. The van der Waals surface area contributed by atoms with Crippen LogP contribution in [0.1, 0.15) is 13.3 Å². The Kier molecular flexibility index (Phi) is 3.25. The number of nitrogens with one attached hydrogen (secondary N) is 1. The van der Waals surface area contributed by atoms with Crippen molar-refractivity contribution >= 4 is 48.8 Å². The zero-order valence-corrected chi connectivity index (χ0v) is 14.2. The smallest absolute Gasteiger partial charge is 0.0743 e. The minimum absolute atomic E-state index is 0.694. The minimum Gasteiger partial charge on any atom is -0.276 e.